The highest BCUT2D eigenvalue weighted by atomic mass is 16.8. The predicted octanol–water partition coefficient (Wildman–Crippen LogP) is 11.5. The molecule has 2 saturated heterocycles. The second-order valence-electron chi connectivity index (χ2n) is 21.0. The molecule has 2 heterocycles. The second-order valence-corrected chi connectivity index (χ2v) is 21.0. The monoisotopic (exact) mass is 1210 g/mol. The summed E-state index contributed by atoms with van der Waals surface area (Å²) in [6, 6.07) is 66.7. The molecule has 0 unspecified atom stereocenters. The number of hydrogen-bond donors (Lipinski definition) is 0. The molecule has 9 atom stereocenters. The van der Waals surface area contributed by atoms with E-state index in [1.807, 2.05) is 182 Å². The van der Waals surface area contributed by atoms with E-state index >= 15 is 0 Å². The maximum atomic E-state index is 14.0. The number of benzene rings is 8. The van der Waals surface area contributed by atoms with E-state index in [1.165, 1.54) is 48.5 Å². The van der Waals surface area contributed by atoms with Crippen LogP contribution in [-0.2, 0) is 96.5 Å². The van der Waals surface area contributed by atoms with Gasteiger partial charge in [-0.05, 0) is 57.6 Å². The first kappa shape index (κ1) is 63.1. The number of rotatable bonds is 31. The van der Waals surface area contributed by atoms with Crippen LogP contribution in [0.25, 0.3) is 0 Å². The molecule has 0 aromatic heterocycles. The molecule has 0 aliphatic carbocycles. The fraction of sp³-hybridized carbons (Fsp3) is 0.275. The van der Waals surface area contributed by atoms with Crippen molar-refractivity contribution in [2.45, 2.75) is 94.4 Å². The molecule has 0 N–H and O–H groups in total. The third-order valence-corrected chi connectivity index (χ3v) is 14.7. The smallest absolute Gasteiger partial charge is 0.338 e. The molecule has 8 aromatic rings. The lowest BCUT2D eigenvalue weighted by Crippen LogP contribution is -2.65. The van der Waals surface area contributed by atoms with Gasteiger partial charge in [-0.3, -0.25) is 20.2 Å². The lowest BCUT2D eigenvalue weighted by Gasteiger charge is -2.48. The molecule has 20 heteroatoms. The van der Waals surface area contributed by atoms with Gasteiger partial charge in [0.1, 0.15) is 69.3 Å². The summed E-state index contributed by atoms with van der Waals surface area (Å²) in [4.78, 5) is 50.0. The fourth-order valence-electron chi connectivity index (χ4n) is 10.2. The van der Waals surface area contributed by atoms with Crippen molar-refractivity contribution in [3.05, 3.63) is 295 Å². The lowest BCUT2D eigenvalue weighted by molar-refractivity contribution is -0.399. The average molecular weight is 1210 g/mol. The van der Waals surface area contributed by atoms with E-state index in [0.717, 1.165) is 33.4 Å². The zero-order chi connectivity index (χ0) is 61.6. The summed E-state index contributed by atoms with van der Waals surface area (Å²) in [6.45, 7) is -1.42. The van der Waals surface area contributed by atoms with Crippen LogP contribution in [0.3, 0.4) is 0 Å². The van der Waals surface area contributed by atoms with Crippen LogP contribution in [-0.4, -0.2) is 103 Å². The maximum absolute atomic E-state index is 14.0. The van der Waals surface area contributed by atoms with E-state index in [2.05, 4.69) is 0 Å². The van der Waals surface area contributed by atoms with E-state index in [0.29, 0.717) is 0 Å². The van der Waals surface area contributed by atoms with Crippen molar-refractivity contribution in [2.75, 3.05) is 26.6 Å². The minimum Gasteiger partial charge on any atom is -0.459 e. The first-order valence-electron chi connectivity index (χ1n) is 28.9. The van der Waals surface area contributed by atoms with Crippen LogP contribution >= 0.6 is 0 Å². The highest BCUT2D eigenvalue weighted by Crippen LogP contribution is 2.43. The minimum absolute atomic E-state index is 0.000770. The Kier molecular flexibility index (Phi) is 22.6. The van der Waals surface area contributed by atoms with Crippen molar-refractivity contribution < 1.29 is 76.3 Å². The summed E-state index contributed by atoms with van der Waals surface area (Å²) < 4.78 is 81.5. The molecular formula is C69H66N2O18. The van der Waals surface area contributed by atoms with Gasteiger partial charge in [-0.1, -0.05) is 182 Å². The second kappa shape index (κ2) is 31.8. The lowest BCUT2D eigenvalue weighted by atomic mass is 9.97. The van der Waals surface area contributed by atoms with Crippen LogP contribution in [0.1, 0.15) is 54.1 Å². The summed E-state index contributed by atoms with van der Waals surface area (Å²) >= 11 is 0. The van der Waals surface area contributed by atoms with Crippen molar-refractivity contribution in [3.63, 3.8) is 0 Å². The first-order valence-corrected chi connectivity index (χ1v) is 28.9. The Morgan fingerprint density at radius 3 is 1.18 bits per heavy atom. The molecule has 89 heavy (non-hydrogen) atoms. The summed E-state index contributed by atoms with van der Waals surface area (Å²) in [7, 11) is 0. The molecule has 10 rings (SSSR count). The van der Waals surface area contributed by atoms with Gasteiger partial charge in [-0.2, -0.15) is 0 Å². The predicted molar refractivity (Wildman–Crippen MR) is 321 cm³/mol. The average Bonchev–Trinajstić information content (AvgIpc) is 1.70. The molecule has 0 bridgehead atoms. The Bertz CT molecular complexity index is 3470. The maximum Gasteiger partial charge on any atom is 0.338 e. The molecule has 8 aromatic carbocycles. The summed E-state index contributed by atoms with van der Waals surface area (Å²) in [5, 5.41) is 23.2. The van der Waals surface area contributed by atoms with Gasteiger partial charge in [0.25, 0.3) is 11.4 Å². The summed E-state index contributed by atoms with van der Waals surface area (Å²) in [5.41, 5.74) is 4.47. The van der Waals surface area contributed by atoms with Crippen molar-refractivity contribution in [2.24, 2.45) is 0 Å². The number of esters is 2. The Morgan fingerprint density at radius 2 is 0.764 bits per heavy atom. The zero-order valence-corrected chi connectivity index (χ0v) is 48.4. The zero-order valence-electron chi connectivity index (χ0n) is 48.4. The van der Waals surface area contributed by atoms with Crippen molar-refractivity contribution >= 4 is 23.3 Å². The topological polar surface area (TPSA) is 231 Å². The van der Waals surface area contributed by atoms with Crippen LogP contribution in [0.2, 0.25) is 0 Å². The standard InChI is InChI=1S/C69H66N2O18/c72-66(55-31-35-57(36-32-55)70(74)75)85-45-59-61(80-40-50-21-9-2-10-22-50)63(82-42-52-25-13-4-14-26-52)64(83-43-53-27-15-5-16-28-53)68(87-59)89-69(47-79-48-78-39-49-19-7-1-8-20-49)65(84-44-54-29-17-6-18-30-54)62(81-41-51-23-11-3-12-24-51)60(88-69)46-86-67(73)56-33-37-58(38-34-56)71(76)77/h1-38,59-65,68H,39-48H2/t59-,60-,61-,62-,63+,64-,65+,68-,69+/m1/s1. The molecule has 2 aliphatic rings. The molecule has 0 spiro atoms. The molecule has 0 saturated carbocycles. The SMILES string of the molecule is O=C(OC[C@H]1O[C@@](COCOCc2ccccc2)(O[C@H]2O[C@H](COC(=O)c3ccc([N+](=O)[O-])cc3)[C@@H](OCc3ccccc3)[C@H](OCc3ccccc3)[C@H]2OCc2ccccc2)[C@@H](OCc2ccccc2)[C@@H]1OCc1ccccc1)c1ccc([N+](=O)[O-])cc1. The van der Waals surface area contributed by atoms with Gasteiger partial charge in [-0.15, -0.1) is 0 Å². The largest absolute Gasteiger partial charge is 0.459 e. The number of hydrogen-bond acceptors (Lipinski definition) is 18. The number of nitrogens with zero attached hydrogens (tertiary/aromatic N) is 2. The number of nitro groups is 2. The Hall–Kier alpha value is -8.90. The van der Waals surface area contributed by atoms with Crippen LogP contribution in [0.15, 0.2) is 231 Å². The van der Waals surface area contributed by atoms with E-state index in [4.69, 9.17) is 56.8 Å². The van der Waals surface area contributed by atoms with E-state index in [1.54, 1.807) is 0 Å². The number of ether oxygens (including phenoxy) is 12. The quantitative estimate of drug-likeness (QED) is 0.0129. The minimum atomic E-state index is -2.11. The van der Waals surface area contributed by atoms with Crippen molar-refractivity contribution in [1.82, 2.24) is 0 Å². The Balaban J connectivity index is 1.08. The van der Waals surface area contributed by atoms with E-state index in [-0.39, 0.29) is 68.9 Å². The van der Waals surface area contributed by atoms with Crippen molar-refractivity contribution in [3.8, 4) is 0 Å². The van der Waals surface area contributed by atoms with Crippen LogP contribution < -0.4 is 0 Å². The number of nitro benzene ring substituents is 2. The highest BCUT2D eigenvalue weighted by molar-refractivity contribution is 5.90. The van der Waals surface area contributed by atoms with Crippen LogP contribution in [0.4, 0.5) is 11.4 Å². The first-order chi connectivity index (χ1) is 43.6. The van der Waals surface area contributed by atoms with Gasteiger partial charge in [-0.25, -0.2) is 9.59 Å². The van der Waals surface area contributed by atoms with Gasteiger partial charge >= 0.3 is 11.9 Å². The highest BCUT2D eigenvalue weighted by Gasteiger charge is 2.62. The van der Waals surface area contributed by atoms with Crippen LogP contribution in [0.5, 0.6) is 0 Å². The molecule has 460 valence electrons. The van der Waals surface area contributed by atoms with Crippen molar-refractivity contribution in [1.29, 1.82) is 0 Å². The van der Waals surface area contributed by atoms with E-state index in [9.17, 15) is 29.8 Å². The van der Waals surface area contributed by atoms with Gasteiger partial charge in [0.2, 0.25) is 5.79 Å². The molecular weight excluding hydrogens is 1140 g/mol. The number of carbonyl (C=O) groups excluding carboxylic acids is 2. The fourth-order valence-corrected chi connectivity index (χ4v) is 10.2. The Labute approximate surface area is 513 Å². The van der Waals surface area contributed by atoms with Crippen LogP contribution in [0, 0.1) is 20.2 Å². The van der Waals surface area contributed by atoms with Gasteiger partial charge in [0.15, 0.2) is 6.29 Å². The Morgan fingerprint density at radius 1 is 0.404 bits per heavy atom. The molecule has 20 nitrogen and oxygen atoms in total. The molecule has 0 amide bonds. The van der Waals surface area contributed by atoms with E-state index < -0.39 is 96.4 Å². The van der Waals surface area contributed by atoms with Gasteiger partial charge in [0, 0.05) is 24.3 Å². The molecule has 2 aliphatic heterocycles. The molecule has 2 fully saturated rings. The molecule has 0 radical (unpaired) electrons. The normalized spacial score (nSPS) is 21.4. The summed E-state index contributed by atoms with van der Waals surface area (Å²) in [6.07, 6.45) is -9.81. The number of carbonyl (C=O) groups is 2. The number of non-ortho nitro benzene ring substituents is 2. The third-order valence-electron chi connectivity index (χ3n) is 14.7. The van der Waals surface area contributed by atoms with Gasteiger partial charge in [0.05, 0.1) is 60.6 Å². The summed E-state index contributed by atoms with van der Waals surface area (Å²) in [5.74, 6) is -3.74. The third kappa shape index (κ3) is 17.7. The van der Waals surface area contributed by atoms with Gasteiger partial charge < -0.3 is 56.8 Å².